The van der Waals surface area contributed by atoms with E-state index in [4.69, 9.17) is 5.73 Å². The van der Waals surface area contributed by atoms with Crippen molar-refractivity contribution in [3.63, 3.8) is 0 Å². The monoisotopic (exact) mass is 272 g/mol. The van der Waals surface area contributed by atoms with Crippen LogP contribution in [-0.2, 0) is 4.79 Å². The molecule has 0 saturated carbocycles. The number of hydrogen-bond donors (Lipinski definition) is 3. The molecule has 0 fully saturated rings. The molecule has 7 heteroatoms. The van der Waals surface area contributed by atoms with Gasteiger partial charge in [-0.25, -0.2) is 13.8 Å². The first-order valence-electron chi connectivity index (χ1n) is 6.08. The molecule has 19 heavy (non-hydrogen) atoms. The molecule has 1 amide bonds. The van der Waals surface area contributed by atoms with Gasteiger partial charge in [-0.05, 0) is 13.3 Å². The van der Waals surface area contributed by atoms with E-state index in [1.165, 1.54) is 0 Å². The summed E-state index contributed by atoms with van der Waals surface area (Å²) >= 11 is 0. The van der Waals surface area contributed by atoms with E-state index < -0.39 is 17.5 Å². The van der Waals surface area contributed by atoms with Crippen molar-refractivity contribution in [2.24, 2.45) is 5.73 Å². The third-order valence-electron chi connectivity index (χ3n) is 2.36. The van der Waals surface area contributed by atoms with Crippen LogP contribution in [-0.4, -0.2) is 23.5 Å². The van der Waals surface area contributed by atoms with E-state index in [9.17, 15) is 13.6 Å². The summed E-state index contributed by atoms with van der Waals surface area (Å²) in [5.74, 6) is -2.19. The zero-order chi connectivity index (χ0) is 14.4. The first-order valence-corrected chi connectivity index (χ1v) is 6.08. The van der Waals surface area contributed by atoms with Crippen LogP contribution in [0.5, 0.6) is 0 Å². The molecular formula is C12H18F2N4O. The molecule has 1 aromatic heterocycles. The van der Waals surface area contributed by atoms with Gasteiger partial charge in [0.05, 0.1) is 0 Å². The molecule has 106 valence electrons. The lowest BCUT2D eigenvalue weighted by Crippen LogP contribution is -2.25. The molecule has 1 atom stereocenters. The molecule has 0 aliphatic carbocycles. The van der Waals surface area contributed by atoms with Crippen molar-refractivity contribution in [3.8, 4) is 0 Å². The Hall–Kier alpha value is -1.92. The van der Waals surface area contributed by atoms with Crippen LogP contribution in [0.1, 0.15) is 26.7 Å². The number of pyridine rings is 1. The summed E-state index contributed by atoms with van der Waals surface area (Å²) in [5.41, 5.74) is 5.04. The summed E-state index contributed by atoms with van der Waals surface area (Å²) in [4.78, 5) is 14.6. The minimum absolute atomic E-state index is 0.0166. The average Bonchev–Trinajstić information content (AvgIpc) is 2.30. The Bertz CT molecular complexity index is 454. The number of hydrogen-bond acceptors (Lipinski definition) is 4. The Kier molecular flexibility index (Phi) is 5.47. The Balaban J connectivity index is 2.84. The van der Waals surface area contributed by atoms with Gasteiger partial charge < -0.3 is 16.4 Å². The van der Waals surface area contributed by atoms with Gasteiger partial charge in [-0.2, -0.15) is 0 Å². The van der Waals surface area contributed by atoms with Crippen LogP contribution >= 0.6 is 0 Å². The SMILES string of the molecule is CCCNc1nc(NC(C)CC(N)=O)c(F)cc1F. The lowest BCUT2D eigenvalue weighted by atomic mass is 10.2. The maximum Gasteiger partial charge on any atom is 0.219 e. The predicted octanol–water partition coefficient (Wildman–Crippen LogP) is 1.86. The smallest absolute Gasteiger partial charge is 0.219 e. The summed E-state index contributed by atoms with van der Waals surface area (Å²) in [6.45, 7) is 4.11. The lowest BCUT2D eigenvalue weighted by Gasteiger charge is -2.15. The molecule has 0 saturated heterocycles. The molecule has 0 aliphatic rings. The largest absolute Gasteiger partial charge is 0.370 e. The fraction of sp³-hybridized carbons (Fsp3) is 0.500. The van der Waals surface area contributed by atoms with E-state index in [2.05, 4.69) is 15.6 Å². The standard InChI is InChI=1S/C12H18F2N4O/c1-3-4-16-11-8(13)6-9(14)12(18-11)17-7(2)5-10(15)19/h6-7H,3-5H2,1-2H3,(H2,15,19)(H2,16,17,18). The first-order chi connectivity index (χ1) is 8.93. The van der Waals surface area contributed by atoms with Crippen LogP contribution in [0.3, 0.4) is 0 Å². The normalized spacial score (nSPS) is 12.0. The number of nitrogens with two attached hydrogens (primary N) is 1. The Morgan fingerprint density at radius 1 is 1.42 bits per heavy atom. The molecular weight excluding hydrogens is 254 g/mol. The van der Waals surface area contributed by atoms with Crippen LogP contribution < -0.4 is 16.4 Å². The second kappa shape index (κ2) is 6.86. The van der Waals surface area contributed by atoms with Crippen LogP contribution in [0, 0.1) is 11.6 Å². The van der Waals surface area contributed by atoms with E-state index in [0.717, 1.165) is 12.5 Å². The summed E-state index contributed by atoms with van der Waals surface area (Å²) in [7, 11) is 0. The van der Waals surface area contributed by atoms with Crippen LogP contribution in [0.15, 0.2) is 6.07 Å². The molecule has 0 aromatic carbocycles. The van der Waals surface area contributed by atoms with E-state index in [-0.39, 0.29) is 24.1 Å². The molecule has 0 bridgehead atoms. The van der Waals surface area contributed by atoms with E-state index in [1.807, 2.05) is 6.92 Å². The van der Waals surface area contributed by atoms with Crippen LogP contribution in [0.25, 0.3) is 0 Å². The van der Waals surface area contributed by atoms with E-state index in [1.54, 1.807) is 6.92 Å². The number of nitrogens with zero attached hydrogens (tertiary/aromatic N) is 1. The number of aromatic nitrogens is 1. The third-order valence-corrected chi connectivity index (χ3v) is 2.36. The Labute approximate surface area is 110 Å². The minimum atomic E-state index is -0.809. The second-order valence-corrected chi connectivity index (χ2v) is 4.29. The predicted molar refractivity (Wildman–Crippen MR) is 69.8 cm³/mol. The Morgan fingerprint density at radius 2 is 2.05 bits per heavy atom. The van der Waals surface area contributed by atoms with Gasteiger partial charge in [-0.3, -0.25) is 4.79 Å². The Morgan fingerprint density at radius 3 is 2.63 bits per heavy atom. The van der Waals surface area contributed by atoms with E-state index in [0.29, 0.717) is 6.54 Å². The quantitative estimate of drug-likeness (QED) is 0.707. The molecule has 1 aromatic rings. The van der Waals surface area contributed by atoms with Gasteiger partial charge in [0.15, 0.2) is 23.3 Å². The topological polar surface area (TPSA) is 80.0 Å². The van der Waals surface area contributed by atoms with Crippen molar-refractivity contribution in [1.29, 1.82) is 0 Å². The highest BCUT2D eigenvalue weighted by Crippen LogP contribution is 2.20. The van der Waals surface area contributed by atoms with Crippen LogP contribution in [0.2, 0.25) is 0 Å². The van der Waals surface area contributed by atoms with Gasteiger partial charge in [-0.1, -0.05) is 6.92 Å². The molecule has 0 aliphatic heterocycles. The third kappa shape index (κ3) is 4.69. The van der Waals surface area contributed by atoms with E-state index >= 15 is 0 Å². The molecule has 5 nitrogen and oxygen atoms in total. The summed E-state index contributed by atoms with van der Waals surface area (Å²) in [6, 6.07) is 0.369. The number of halogens is 2. The highest BCUT2D eigenvalue weighted by atomic mass is 19.1. The van der Waals surface area contributed by atoms with Crippen LogP contribution in [0.4, 0.5) is 20.4 Å². The minimum Gasteiger partial charge on any atom is -0.370 e. The molecule has 0 spiro atoms. The average molecular weight is 272 g/mol. The van der Waals surface area contributed by atoms with Gasteiger partial charge in [0, 0.05) is 25.1 Å². The number of amides is 1. The van der Waals surface area contributed by atoms with Gasteiger partial charge >= 0.3 is 0 Å². The number of nitrogens with one attached hydrogen (secondary N) is 2. The fourth-order valence-corrected chi connectivity index (χ4v) is 1.52. The number of rotatable bonds is 7. The number of carbonyl (C=O) groups is 1. The molecule has 0 radical (unpaired) electrons. The number of anilines is 2. The highest BCUT2D eigenvalue weighted by molar-refractivity contribution is 5.74. The number of carbonyl (C=O) groups excluding carboxylic acids is 1. The maximum absolute atomic E-state index is 13.5. The van der Waals surface area contributed by atoms with Crippen molar-refractivity contribution in [1.82, 2.24) is 4.98 Å². The van der Waals surface area contributed by atoms with Crippen molar-refractivity contribution < 1.29 is 13.6 Å². The lowest BCUT2D eigenvalue weighted by molar-refractivity contribution is -0.118. The van der Waals surface area contributed by atoms with Gasteiger partial charge in [-0.15, -0.1) is 0 Å². The summed E-state index contributed by atoms with van der Waals surface area (Å²) in [5, 5.41) is 5.45. The fourth-order valence-electron chi connectivity index (χ4n) is 1.52. The molecule has 1 rings (SSSR count). The van der Waals surface area contributed by atoms with Gasteiger partial charge in [0.25, 0.3) is 0 Å². The van der Waals surface area contributed by atoms with Crippen molar-refractivity contribution in [3.05, 3.63) is 17.7 Å². The first kappa shape index (κ1) is 15.1. The highest BCUT2D eigenvalue weighted by Gasteiger charge is 2.14. The summed E-state index contributed by atoms with van der Waals surface area (Å²) < 4.78 is 27.0. The maximum atomic E-state index is 13.5. The van der Waals surface area contributed by atoms with Crippen molar-refractivity contribution >= 4 is 17.5 Å². The van der Waals surface area contributed by atoms with Crippen molar-refractivity contribution in [2.75, 3.05) is 17.2 Å². The second-order valence-electron chi connectivity index (χ2n) is 4.29. The molecule has 1 heterocycles. The summed E-state index contributed by atoms with van der Waals surface area (Å²) in [6.07, 6.45) is 0.829. The number of primary amides is 1. The van der Waals surface area contributed by atoms with Gasteiger partial charge in [0.2, 0.25) is 5.91 Å². The molecule has 4 N–H and O–H groups in total. The van der Waals surface area contributed by atoms with Gasteiger partial charge in [0.1, 0.15) is 0 Å². The zero-order valence-electron chi connectivity index (χ0n) is 11.0. The molecule has 1 unspecified atom stereocenters. The van der Waals surface area contributed by atoms with Crippen molar-refractivity contribution in [2.45, 2.75) is 32.7 Å². The zero-order valence-corrected chi connectivity index (χ0v) is 11.0.